The van der Waals surface area contributed by atoms with Gasteiger partial charge in [0, 0.05) is 17.2 Å². The summed E-state index contributed by atoms with van der Waals surface area (Å²) in [6.45, 7) is 0.511. The Bertz CT molecular complexity index is 828. The van der Waals surface area contributed by atoms with Gasteiger partial charge >= 0.3 is 6.03 Å². The zero-order valence-corrected chi connectivity index (χ0v) is 13.9. The second kappa shape index (κ2) is 7.81. The van der Waals surface area contributed by atoms with Crippen molar-refractivity contribution in [2.24, 2.45) is 0 Å². The number of nitro groups is 1. The van der Waals surface area contributed by atoms with Gasteiger partial charge in [-0.05, 0) is 31.0 Å². The number of fused-ring (bicyclic) bond motifs is 1. The van der Waals surface area contributed by atoms with E-state index in [-0.39, 0.29) is 12.2 Å². The summed E-state index contributed by atoms with van der Waals surface area (Å²) >= 11 is 0. The van der Waals surface area contributed by atoms with Gasteiger partial charge in [0.15, 0.2) is 0 Å². The normalized spacial score (nSPS) is 16.0. The first-order valence-corrected chi connectivity index (χ1v) is 8.23. The first-order valence-electron chi connectivity index (χ1n) is 8.23. The van der Waals surface area contributed by atoms with Crippen molar-refractivity contribution in [3.05, 3.63) is 69.5 Å². The van der Waals surface area contributed by atoms with Gasteiger partial charge in [0.05, 0.1) is 24.1 Å². The molecule has 0 radical (unpaired) electrons. The van der Waals surface area contributed by atoms with Crippen molar-refractivity contribution in [3.63, 3.8) is 0 Å². The summed E-state index contributed by atoms with van der Waals surface area (Å²) in [5.74, 6) is 0.147. The highest BCUT2D eigenvalue weighted by molar-refractivity contribution is 5.74. The molecule has 2 aromatic carbocycles. The topological polar surface area (TPSA) is 93.5 Å². The highest BCUT2D eigenvalue weighted by Crippen LogP contribution is 2.32. The van der Waals surface area contributed by atoms with Gasteiger partial charge in [0.1, 0.15) is 11.6 Å². The number of carbonyl (C=O) groups is 1. The standard InChI is InChI=1S/C18H18FN3O4/c19-13-7-8-17-14(10-13)15(5-3-9-26-17)21-18(23)20-11-12-4-1-2-6-16(12)22(24)25/h1-2,4,6-8,10,15H,3,5,9,11H2,(H2,20,21,23). The number of amides is 2. The van der Waals surface area contributed by atoms with E-state index in [4.69, 9.17) is 4.74 Å². The number of halogens is 1. The van der Waals surface area contributed by atoms with Crippen molar-refractivity contribution in [1.82, 2.24) is 10.6 Å². The molecule has 0 bridgehead atoms. The van der Waals surface area contributed by atoms with Gasteiger partial charge in [-0.15, -0.1) is 0 Å². The highest BCUT2D eigenvalue weighted by Gasteiger charge is 2.22. The van der Waals surface area contributed by atoms with Gasteiger partial charge in [0.2, 0.25) is 0 Å². The Hall–Kier alpha value is -3.16. The summed E-state index contributed by atoms with van der Waals surface area (Å²) in [7, 11) is 0. The van der Waals surface area contributed by atoms with Gasteiger partial charge in [-0.25, -0.2) is 9.18 Å². The number of hydrogen-bond acceptors (Lipinski definition) is 4. The van der Waals surface area contributed by atoms with Crippen LogP contribution in [-0.2, 0) is 6.54 Å². The molecule has 1 aliphatic heterocycles. The van der Waals surface area contributed by atoms with Crippen molar-refractivity contribution in [3.8, 4) is 5.75 Å². The van der Waals surface area contributed by atoms with E-state index < -0.39 is 22.8 Å². The van der Waals surface area contributed by atoms with E-state index in [1.807, 2.05) is 0 Å². The SMILES string of the molecule is O=C(NCc1ccccc1[N+](=O)[O-])NC1CCCOc2ccc(F)cc21. The van der Waals surface area contributed by atoms with Crippen LogP contribution in [0.3, 0.4) is 0 Å². The molecule has 0 saturated heterocycles. The molecule has 1 heterocycles. The third-order valence-corrected chi connectivity index (χ3v) is 4.17. The number of carbonyl (C=O) groups excluding carboxylic acids is 1. The second-order valence-corrected chi connectivity index (χ2v) is 5.94. The fraction of sp³-hybridized carbons (Fsp3) is 0.278. The molecule has 0 fully saturated rings. The third kappa shape index (κ3) is 4.08. The maximum absolute atomic E-state index is 13.6. The zero-order chi connectivity index (χ0) is 18.5. The Balaban J connectivity index is 1.67. The average molecular weight is 359 g/mol. The minimum atomic E-state index is -0.490. The number of para-hydroxylation sites is 1. The van der Waals surface area contributed by atoms with Crippen LogP contribution < -0.4 is 15.4 Å². The Morgan fingerprint density at radius 3 is 2.92 bits per heavy atom. The van der Waals surface area contributed by atoms with Crippen LogP contribution in [0, 0.1) is 15.9 Å². The van der Waals surface area contributed by atoms with Crippen LogP contribution >= 0.6 is 0 Å². The summed E-state index contributed by atoms with van der Waals surface area (Å²) in [4.78, 5) is 22.8. The van der Waals surface area contributed by atoms with E-state index in [2.05, 4.69) is 10.6 Å². The molecule has 0 saturated carbocycles. The molecular weight excluding hydrogens is 341 g/mol. The van der Waals surface area contributed by atoms with Crippen LogP contribution in [0.15, 0.2) is 42.5 Å². The first-order chi connectivity index (χ1) is 12.5. The third-order valence-electron chi connectivity index (χ3n) is 4.17. The molecule has 1 atom stereocenters. The fourth-order valence-corrected chi connectivity index (χ4v) is 2.92. The molecule has 2 aromatic rings. The van der Waals surface area contributed by atoms with Gasteiger partial charge in [-0.3, -0.25) is 10.1 Å². The molecule has 1 aliphatic rings. The zero-order valence-electron chi connectivity index (χ0n) is 13.9. The molecular formula is C18H18FN3O4. The lowest BCUT2D eigenvalue weighted by Crippen LogP contribution is -2.37. The molecule has 26 heavy (non-hydrogen) atoms. The second-order valence-electron chi connectivity index (χ2n) is 5.94. The summed E-state index contributed by atoms with van der Waals surface area (Å²) in [6.07, 6.45) is 1.32. The van der Waals surface area contributed by atoms with E-state index >= 15 is 0 Å². The average Bonchev–Trinajstić information content (AvgIpc) is 2.82. The van der Waals surface area contributed by atoms with E-state index in [9.17, 15) is 19.3 Å². The fourth-order valence-electron chi connectivity index (χ4n) is 2.92. The lowest BCUT2D eigenvalue weighted by atomic mass is 10.0. The van der Waals surface area contributed by atoms with Crippen LogP contribution in [0.25, 0.3) is 0 Å². The lowest BCUT2D eigenvalue weighted by molar-refractivity contribution is -0.385. The number of ether oxygens (including phenoxy) is 1. The number of nitro benzene ring substituents is 1. The molecule has 136 valence electrons. The monoisotopic (exact) mass is 359 g/mol. The van der Waals surface area contributed by atoms with E-state index in [0.717, 1.165) is 0 Å². The largest absolute Gasteiger partial charge is 0.493 e. The lowest BCUT2D eigenvalue weighted by Gasteiger charge is -2.19. The van der Waals surface area contributed by atoms with Crippen molar-refractivity contribution >= 4 is 11.7 Å². The highest BCUT2D eigenvalue weighted by atomic mass is 19.1. The minimum Gasteiger partial charge on any atom is -0.493 e. The van der Waals surface area contributed by atoms with E-state index in [1.165, 1.54) is 18.2 Å². The maximum atomic E-state index is 13.6. The maximum Gasteiger partial charge on any atom is 0.315 e. The van der Waals surface area contributed by atoms with Crippen molar-refractivity contribution in [1.29, 1.82) is 0 Å². The quantitative estimate of drug-likeness (QED) is 0.646. The predicted molar refractivity (Wildman–Crippen MR) is 92.3 cm³/mol. The summed E-state index contributed by atoms with van der Waals surface area (Å²) in [5.41, 5.74) is 0.940. The first kappa shape index (κ1) is 17.7. The smallest absolute Gasteiger partial charge is 0.315 e. The van der Waals surface area contributed by atoms with Gasteiger partial charge in [0.25, 0.3) is 5.69 Å². The Kier molecular flexibility index (Phi) is 5.31. The number of benzene rings is 2. The molecule has 1 unspecified atom stereocenters. The summed E-state index contributed by atoms with van der Waals surface area (Å²) in [5, 5.41) is 16.4. The minimum absolute atomic E-state index is 0.0161. The number of rotatable bonds is 4. The predicted octanol–water partition coefficient (Wildman–Crippen LogP) is 3.45. The van der Waals surface area contributed by atoms with Crippen LogP contribution in [0.1, 0.15) is 30.0 Å². The number of urea groups is 1. The van der Waals surface area contributed by atoms with Crippen molar-refractivity contribution in [2.75, 3.05) is 6.61 Å². The Labute approximate surface area is 149 Å². The van der Waals surface area contributed by atoms with Crippen LogP contribution in [-0.4, -0.2) is 17.6 Å². The number of nitrogens with zero attached hydrogens (tertiary/aromatic N) is 1. The molecule has 3 rings (SSSR count). The number of hydrogen-bond donors (Lipinski definition) is 2. The van der Waals surface area contributed by atoms with Crippen molar-refractivity contribution < 1.29 is 18.8 Å². The molecule has 0 aliphatic carbocycles. The molecule has 0 spiro atoms. The Morgan fingerprint density at radius 2 is 2.12 bits per heavy atom. The van der Waals surface area contributed by atoms with Gasteiger partial charge < -0.3 is 15.4 Å². The summed E-state index contributed by atoms with van der Waals surface area (Å²) < 4.78 is 19.2. The van der Waals surface area contributed by atoms with Gasteiger partial charge in [-0.2, -0.15) is 0 Å². The molecule has 2 N–H and O–H groups in total. The van der Waals surface area contributed by atoms with E-state index in [1.54, 1.807) is 24.3 Å². The Morgan fingerprint density at radius 1 is 1.31 bits per heavy atom. The molecule has 0 aromatic heterocycles. The van der Waals surface area contributed by atoms with Crippen molar-refractivity contribution in [2.45, 2.75) is 25.4 Å². The molecule has 2 amide bonds. The van der Waals surface area contributed by atoms with Crippen LogP contribution in [0.4, 0.5) is 14.9 Å². The number of nitrogens with one attached hydrogen (secondary N) is 2. The van der Waals surface area contributed by atoms with Crippen LogP contribution in [0.5, 0.6) is 5.75 Å². The van der Waals surface area contributed by atoms with Gasteiger partial charge in [-0.1, -0.05) is 18.2 Å². The van der Waals surface area contributed by atoms with Crippen LogP contribution in [0.2, 0.25) is 0 Å². The molecule has 7 nitrogen and oxygen atoms in total. The molecule has 8 heteroatoms. The van der Waals surface area contributed by atoms with E-state index in [0.29, 0.717) is 36.3 Å². The summed E-state index contributed by atoms with van der Waals surface area (Å²) in [6, 6.07) is 9.56.